The first-order valence-electron chi connectivity index (χ1n) is 10.9. The summed E-state index contributed by atoms with van der Waals surface area (Å²) in [6, 6.07) is 12.8. The second-order valence-electron chi connectivity index (χ2n) is 8.91. The third-order valence-electron chi connectivity index (χ3n) is 6.65. The number of non-ortho nitro benzene ring substituents is 1. The molecule has 4 rings (SSSR count). The van der Waals surface area contributed by atoms with Gasteiger partial charge in [0.1, 0.15) is 0 Å². The molecule has 2 aromatic rings. The average molecular weight is 458 g/mol. The van der Waals surface area contributed by atoms with Gasteiger partial charge in [0, 0.05) is 50.9 Å². The van der Waals surface area contributed by atoms with Gasteiger partial charge < -0.3 is 14.5 Å². The van der Waals surface area contributed by atoms with Crippen molar-refractivity contribution >= 4 is 23.2 Å². The summed E-state index contributed by atoms with van der Waals surface area (Å²) in [5, 5.41) is 11.6. The molecule has 0 radical (unpaired) electrons. The van der Waals surface area contributed by atoms with Crippen LogP contribution in [-0.4, -0.2) is 54.4 Å². The van der Waals surface area contributed by atoms with Crippen LogP contribution in [0.15, 0.2) is 42.5 Å². The smallest absolute Gasteiger partial charge is 0.269 e. The van der Waals surface area contributed by atoms with Gasteiger partial charge in [0.15, 0.2) is 0 Å². The van der Waals surface area contributed by atoms with Crippen molar-refractivity contribution in [2.45, 2.75) is 31.5 Å². The fourth-order valence-electron chi connectivity index (χ4n) is 4.90. The van der Waals surface area contributed by atoms with E-state index in [1.807, 2.05) is 6.07 Å². The number of ether oxygens (including phenoxy) is 1. The second-order valence-corrected chi connectivity index (χ2v) is 9.31. The van der Waals surface area contributed by atoms with E-state index in [-0.39, 0.29) is 23.1 Å². The van der Waals surface area contributed by atoms with Gasteiger partial charge in [-0.05, 0) is 42.0 Å². The Morgan fingerprint density at radius 2 is 1.97 bits per heavy atom. The van der Waals surface area contributed by atoms with Crippen molar-refractivity contribution in [2.75, 3.05) is 33.7 Å². The van der Waals surface area contributed by atoms with Crippen molar-refractivity contribution in [1.29, 1.82) is 0 Å². The first-order valence-corrected chi connectivity index (χ1v) is 11.3. The molecule has 32 heavy (non-hydrogen) atoms. The number of nitrogens with zero attached hydrogens (tertiary/aromatic N) is 3. The monoisotopic (exact) mass is 457 g/mol. The summed E-state index contributed by atoms with van der Waals surface area (Å²) in [5.41, 5.74) is 2.95. The van der Waals surface area contributed by atoms with Crippen molar-refractivity contribution in [3.05, 3.63) is 74.3 Å². The van der Waals surface area contributed by atoms with Crippen LogP contribution in [0.4, 0.5) is 5.69 Å². The third kappa shape index (κ3) is 4.51. The highest BCUT2D eigenvalue weighted by atomic mass is 35.5. The van der Waals surface area contributed by atoms with Crippen LogP contribution in [-0.2, 0) is 28.2 Å². The molecule has 0 N–H and O–H groups in total. The first-order chi connectivity index (χ1) is 15.3. The molecule has 2 aliphatic heterocycles. The van der Waals surface area contributed by atoms with Gasteiger partial charge in [0.25, 0.3) is 5.69 Å². The lowest BCUT2D eigenvalue weighted by Crippen LogP contribution is -2.46. The third-order valence-corrected chi connectivity index (χ3v) is 7.02. The lowest BCUT2D eigenvalue weighted by molar-refractivity contribution is -0.384. The molecule has 2 aromatic carbocycles. The zero-order chi connectivity index (χ0) is 22.9. The summed E-state index contributed by atoms with van der Waals surface area (Å²) in [4.78, 5) is 27.6. The van der Waals surface area contributed by atoms with Crippen LogP contribution in [0.5, 0.6) is 0 Å². The van der Waals surface area contributed by atoms with Gasteiger partial charge in [-0.3, -0.25) is 14.9 Å². The zero-order valence-electron chi connectivity index (χ0n) is 18.4. The first kappa shape index (κ1) is 22.7. The molecule has 0 aliphatic carbocycles. The number of likely N-dealkylation sites (tertiary alicyclic amines) is 1. The van der Waals surface area contributed by atoms with Gasteiger partial charge in [0.05, 0.1) is 23.0 Å². The number of fused-ring (bicyclic) bond motifs is 2. The topological polar surface area (TPSA) is 75.9 Å². The van der Waals surface area contributed by atoms with E-state index in [0.29, 0.717) is 30.2 Å². The van der Waals surface area contributed by atoms with Crippen molar-refractivity contribution < 1.29 is 14.5 Å². The van der Waals surface area contributed by atoms with Gasteiger partial charge in [-0.2, -0.15) is 0 Å². The number of hydrogen-bond acceptors (Lipinski definition) is 5. The summed E-state index contributed by atoms with van der Waals surface area (Å²) in [6.07, 6.45) is 2.12. The summed E-state index contributed by atoms with van der Waals surface area (Å²) < 4.78 is 6.25. The summed E-state index contributed by atoms with van der Waals surface area (Å²) >= 11 is 6.32. The molecular formula is C24H28ClN3O4. The summed E-state index contributed by atoms with van der Waals surface area (Å²) in [6.45, 7) is 2.89. The maximum atomic E-state index is 13.0. The lowest BCUT2D eigenvalue weighted by Gasteiger charge is -2.40. The molecule has 0 aromatic heterocycles. The number of rotatable bonds is 6. The van der Waals surface area contributed by atoms with Gasteiger partial charge >= 0.3 is 0 Å². The van der Waals surface area contributed by atoms with Crippen molar-refractivity contribution in [2.24, 2.45) is 5.92 Å². The molecule has 7 nitrogen and oxygen atoms in total. The number of hydrogen-bond donors (Lipinski definition) is 0. The molecule has 1 spiro atoms. The summed E-state index contributed by atoms with van der Waals surface area (Å²) in [7, 11) is 3.47. The number of amides is 1. The highest BCUT2D eigenvalue weighted by molar-refractivity contribution is 6.31. The molecule has 1 amide bonds. The molecule has 1 unspecified atom stereocenters. The Balaban J connectivity index is 1.47. The Labute approximate surface area is 193 Å². The van der Waals surface area contributed by atoms with Gasteiger partial charge in [-0.1, -0.05) is 35.9 Å². The van der Waals surface area contributed by atoms with E-state index >= 15 is 0 Å². The predicted octanol–water partition coefficient (Wildman–Crippen LogP) is 4.02. The minimum atomic E-state index is -0.438. The van der Waals surface area contributed by atoms with Gasteiger partial charge in [0.2, 0.25) is 5.91 Å². The van der Waals surface area contributed by atoms with Crippen molar-refractivity contribution in [3.63, 3.8) is 0 Å². The summed E-state index contributed by atoms with van der Waals surface area (Å²) in [5.74, 6) is -0.342. The van der Waals surface area contributed by atoms with Crippen molar-refractivity contribution in [3.8, 4) is 0 Å². The number of nitro groups is 1. The fourth-order valence-corrected chi connectivity index (χ4v) is 5.09. The van der Waals surface area contributed by atoms with Crippen LogP contribution in [0, 0.1) is 16.0 Å². The SMILES string of the molecule is CN(C)C(=O)C(Cc1cc([N+](=O)[O-])ccc1Cl)CN1CCC2(CC1)OCc1ccccc12. The van der Waals surface area contributed by atoms with E-state index in [4.69, 9.17) is 16.3 Å². The van der Waals surface area contributed by atoms with Gasteiger partial charge in [-0.15, -0.1) is 0 Å². The highest BCUT2D eigenvalue weighted by Gasteiger charge is 2.42. The number of benzene rings is 2. The predicted molar refractivity (Wildman–Crippen MR) is 123 cm³/mol. The lowest BCUT2D eigenvalue weighted by atomic mass is 9.83. The van der Waals surface area contributed by atoms with Crippen molar-refractivity contribution in [1.82, 2.24) is 9.80 Å². The Morgan fingerprint density at radius 1 is 1.25 bits per heavy atom. The molecule has 0 bridgehead atoms. The van der Waals surface area contributed by atoms with Crippen LogP contribution in [0.1, 0.15) is 29.5 Å². The van der Waals surface area contributed by atoms with Crippen LogP contribution in [0.2, 0.25) is 5.02 Å². The molecule has 8 heteroatoms. The number of halogens is 1. The maximum Gasteiger partial charge on any atom is 0.269 e. The van der Waals surface area contributed by atoms with E-state index in [1.54, 1.807) is 19.0 Å². The Kier molecular flexibility index (Phi) is 6.51. The van der Waals surface area contributed by atoms with E-state index < -0.39 is 4.92 Å². The van der Waals surface area contributed by atoms with Gasteiger partial charge in [-0.25, -0.2) is 0 Å². The standard InChI is InChI=1S/C24H28ClN3O4/c1-26(2)23(29)19(13-18-14-20(28(30)31)7-8-22(18)25)15-27-11-9-24(10-12-27)21-6-4-3-5-17(21)16-32-24/h3-8,14,19H,9-13,15-16H2,1-2H3. The minimum Gasteiger partial charge on any atom is -0.365 e. The van der Waals surface area contributed by atoms with Crippen LogP contribution in [0.3, 0.4) is 0 Å². The van der Waals surface area contributed by atoms with Crippen LogP contribution >= 0.6 is 11.6 Å². The number of piperidine rings is 1. The Bertz CT molecular complexity index is 1020. The molecule has 170 valence electrons. The molecule has 1 atom stereocenters. The van der Waals surface area contributed by atoms with Crippen LogP contribution < -0.4 is 0 Å². The highest BCUT2D eigenvalue weighted by Crippen LogP contribution is 2.44. The fraction of sp³-hybridized carbons (Fsp3) is 0.458. The molecule has 0 saturated carbocycles. The molecule has 2 heterocycles. The average Bonchev–Trinajstić information content (AvgIpc) is 3.14. The number of carbonyl (C=O) groups is 1. The Hall–Kier alpha value is -2.48. The largest absolute Gasteiger partial charge is 0.365 e. The normalized spacial score (nSPS) is 18.3. The molecule has 2 aliphatic rings. The van der Waals surface area contributed by atoms with Crippen LogP contribution in [0.25, 0.3) is 0 Å². The molecule has 1 saturated heterocycles. The second kappa shape index (κ2) is 9.17. The van der Waals surface area contributed by atoms with E-state index in [2.05, 4.69) is 23.1 Å². The number of nitro benzene ring substituents is 1. The maximum absolute atomic E-state index is 13.0. The molecular weight excluding hydrogens is 430 g/mol. The van der Waals surface area contributed by atoms with E-state index in [9.17, 15) is 14.9 Å². The minimum absolute atomic E-state index is 0.00433. The zero-order valence-corrected chi connectivity index (χ0v) is 19.2. The molecule has 1 fully saturated rings. The van der Waals surface area contributed by atoms with E-state index in [0.717, 1.165) is 25.9 Å². The van der Waals surface area contributed by atoms with E-state index in [1.165, 1.54) is 29.3 Å². The number of carbonyl (C=O) groups excluding carboxylic acids is 1. The Morgan fingerprint density at radius 3 is 2.66 bits per heavy atom. The quantitative estimate of drug-likeness (QED) is 0.483.